The monoisotopic (exact) mass is 191 g/mol. The standard InChI is InChI=1S/C12H17NO/c1-14-12(9-13-10-12)8-7-11-5-3-2-4-6-11/h2-6,13H,7-10H2,1H3. The van der Waals surface area contributed by atoms with Gasteiger partial charge < -0.3 is 10.1 Å². The van der Waals surface area contributed by atoms with Gasteiger partial charge in [0.1, 0.15) is 0 Å². The van der Waals surface area contributed by atoms with Gasteiger partial charge in [-0.25, -0.2) is 0 Å². The van der Waals surface area contributed by atoms with Crippen LogP contribution in [0.5, 0.6) is 0 Å². The molecule has 0 atom stereocenters. The third-order valence-corrected chi connectivity index (χ3v) is 3.04. The summed E-state index contributed by atoms with van der Waals surface area (Å²) in [6.07, 6.45) is 2.22. The van der Waals surface area contributed by atoms with Crippen molar-refractivity contribution in [1.29, 1.82) is 0 Å². The van der Waals surface area contributed by atoms with E-state index in [0.29, 0.717) is 0 Å². The fourth-order valence-electron chi connectivity index (χ4n) is 1.84. The third kappa shape index (κ3) is 1.97. The summed E-state index contributed by atoms with van der Waals surface area (Å²) in [5.41, 5.74) is 1.51. The van der Waals surface area contributed by atoms with Crippen molar-refractivity contribution in [3.05, 3.63) is 35.9 Å². The molecule has 1 aliphatic heterocycles. The molecule has 2 rings (SSSR count). The summed E-state index contributed by atoms with van der Waals surface area (Å²) in [5, 5.41) is 3.26. The minimum atomic E-state index is 0.107. The summed E-state index contributed by atoms with van der Waals surface area (Å²) < 4.78 is 5.53. The maximum absolute atomic E-state index is 5.53. The van der Waals surface area contributed by atoms with Crippen LogP contribution < -0.4 is 5.32 Å². The van der Waals surface area contributed by atoms with E-state index >= 15 is 0 Å². The second kappa shape index (κ2) is 4.11. The van der Waals surface area contributed by atoms with E-state index in [2.05, 4.69) is 35.6 Å². The van der Waals surface area contributed by atoms with Crippen LogP contribution in [0.25, 0.3) is 0 Å². The highest BCUT2D eigenvalue weighted by Crippen LogP contribution is 2.22. The number of hydrogen-bond donors (Lipinski definition) is 1. The maximum Gasteiger partial charge on any atom is 0.0929 e. The van der Waals surface area contributed by atoms with Crippen molar-refractivity contribution in [2.45, 2.75) is 18.4 Å². The van der Waals surface area contributed by atoms with Crippen LogP contribution in [0.4, 0.5) is 0 Å². The van der Waals surface area contributed by atoms with Gasteiger partial charge in [0, 0.05) is 20.2 Å². The van der Waals surface area contributed by atoms with Gasteiger partial charge in [-0.05, 0) is 18.4 Å². The molecule has 1 aromatic carbocycles. The van der Waals surface area contributed by atoms with E-state index < -0.39 is 0 Å². The number of aryl methyl sites for hydroxylation is 1. The molecule has 0 aromatic heterocycles. The molecule has 2 heteroatoms. The molecule has 2 nitrogen and oxygen atoms in total. The Balaban J connectivity index is 1.88. The van der Waals surface area contributed by atoms with Gasteiger partial charge in [0.2, 0.25) is 0 Å². The molecule has 0 spiro atoms. The Hall–Kier alpha value is -0.860. The van der Waals surface area contributed by atoms with Gasteiger partial charge in [0.15, 0.2) is 0 Å². The third-order valence-electron chi connectivity index (χ3n) is 3.04. The average Bonchev–Trinajstić information content (AvgIpc) is 2.19. The quantitative estimate of drug-likeness (QED) is 0.780. The first kappa shape index (κ1) is 9.69. The summed E-state index contributed by atoms with van der Waals surface area (Å²) in [6.45, 7) is 1.99. The van der Waals surface area contributed by atoms with Gasteiger partial charge >= 0.3 is 0 Å². The minimum Gasteiger partial charge on any atom is -0.376 e. The van der Waals surface area contributed by atoms with E-state index in [4.69, 9.17) is 4.74 Å². The number of ether oxygens (including phenoxy) is 1. The fraction of sp³-hybridized carbons (Fsp3) is 0.500. The average molecular weight is 191 g/mol. The summed E-state index contributed by atoms with van der Waals surface area (Å²) in [7, 11) is 1.81. The molecular weight excluding hydrogens is 174 g/mol. The van der Waals surface area contributed by atoms with Crippen molar-refractivity contribution in [1.82, 2.24) is 5.32 Å². The van der Waals surface area contributed by atoms with Crippen LogP contribution in [-0.4, -0.2) is 25.8 Å². The molecule has 0 saturated carbocycles. The lowest BCUT2D eigenvalue weighted by atomic mass is 9.89. The van der Waals surface area contributed by atoms with E-state index in [1.54, 1.807) is 0 Å². The molecule has 1 aromatic rings. The van der Waals surface area contributed by atoms with E-state index in [-0.39, 0.29) is 5.60 Å². The van der Waals surface area contributed by atoms with Crippen LogP contribution >= 0.6 is 0 Å². The lowest BCUT2D eigenvalue weighted by Crippen LogP contribution is -2.60. The molecule has 0 unspecified atom stereocenters. The second-order valence-electron chi connectivity index (χ2n) is 3.98. The van der Waals surface area contributed by atoms with Crippen molar-refractivity contribution in [3.8, 4) is 0 Å². The van der Waals surface area contributed by atoms with Gasteiger partial charge in [-0.2, -0.15) is 0 Å². The Morgan fingerprint density at radius 1 is 1.29 bits per heavy atom. The molecule has 1 fully saturated rings. The largest absolute Gasteiger partial charge is 0.376 e. The Morgan fingerprint density at radius 3 is 2.50 bits per heavy atom. The highest BCUT2D eigenvalue weighted by molar-refractivity contribution is 5.15. The Morgan fingerprint density at radius 2 is 2.00 bits per heavy atom. The fourth-order valence-corrected chi connectivity index (χ4v) is 1.84. The SMILES string of the molecule is COC1(CCc2ccccc2)CNC1. The van der Waals surface area contributed by atoms with Crippen molar-refractivity contribution >= 4 is 0 Å². The number of methoxy groups -OCH3 is 1. The van der Waals surface area contributed by atoms with Crippen molar-refractivity contribution < 1.29 is 4.74 Å². The highest BCUT2D eigenvalue weighted by Gasteiger charge is 2.36. The Bertz CT molecular complexity index is 274. The summed E-state index contributed by atoms with van der Waals surface area (Å²) >= 11 is 0. The van der Waals surface area contributed by atoms with Crippen molar-refractivity contribution in [3.63, 3.8) is 0 Å². The lowest BCUT2D eigenvalue weighted by Gasteiger charge is -2.41. The zero-order valence-corrected chi connectivity index (χ0v) is 8.62. The van der Waals surface area contributed by atoms with Gasteiger partial charge in [-0.3, -0.25) is 0 Å². The summed E-state index contributed by atoms with van der Waals surface area (Å²) in [4.78, 5) is 0. The van der Waals surface area contributed by atoms with Crippen LogP contribution in [0.15, 0.2) is 30.3 Å². The van der Waals surface area contributed by atoms with Crippen LogP contribution in [0.3, 0.4) is 0 Å². The molecule has 0 bridgehead atoms. The molecule has 1 N–H and O–H groups in total. The highest BCUT2D eigenvalue weighted by atomic mass is 16.5. The van der Waals surface area contributed by atoms with Gasteiger partial charge in [-0.15, -0.1) is 0 Å². The number of rotatable bonds is 4. The number of benzene rings is 1. The van der Waals surface area contributed by atoms with Crippen LogP contribution in [0.2, 0.25) is 0 Å². The van der Waals surface area contributed by atoms with Gasteiger partial charge in [0.05, 0.1) is 5.60 Å². The molecule has 0 aliphatic carbocycles. The van der Waals surface area contributed by atoms with Gasteiger partial charge in [0.25, 0.3) is 0 Å². The first-order chi connectivity index (χ1) is 6.85. The normalized spacial score (nSPS) is 18.9. The van der Waals surface area contributed by atoms with E-state index in [0.717, 1.165) is 25.9 Å². The van der Waals surface area contributed by atoms with Crippen LogP contribution in [-0.2, 0) is 11.2 Å². The minimum absolute atomic E-state index is 0.107. The molecule has 14 heavy (non-hydrogen) atoms. The maximum atomic E-state index is 5.53. The van der Waals surface area contributed by atoms with E-state index in [1.807, 2.05) is 7.11 Å². The summed E-state index contributed by atoms with van der Waals surface area (Å²) in [6, 6.07) is 10.6. The molecule has 1 heterocycles. The molecular formula is C12H17NO. The van der Waals surface area contributed by atoms with Crippen molar-refractivity contribution in [2.24, 2.45) is 0 Å². The predicted octanol–water partition coefficient (Wildman–Crippen LogP) is 1.61. The van der Waals surface area contributed by atoms with Crippen molar-refractivity contribution in [2.75, 3.05) is 20.2 Å². The Labute approximate surface area is 85.3 Å². The van der Waals surface area contributed by atoms with Gasteiger partial charge in [-0.1, -0.05) is 30.3 Å². The van der Waals surface area contributed by atoms with Crippen LogP contribution in [0.1, 0.15) is 12.0 Å². The first-order valence-electron chi connectivity index (χ1n) is 5.14. The van der Waals surface area contributed by atoms with E-state index in [1.165, 1.54) is 5.56 Å². The zero-order chi connectivity index (χ0) is 9.86. The molecule has 76 valence electrons. The van der Waals surface area contributed by atoms with Crippen LogP contribution in [0, 0.1) is 0 Å². The lowest BCUT2D eigenvalue weighted by molar-refractivity contribution is -0.0566. The van der Waals surface area contributed by atoms with E-state index in [9.17, 15) is 0 Å². The number of nitrogens with one attached hydrogen (secondary N) is 1. The first-order valence-corrected chi connectivity index (χ1v) is 5.14. The second-order valence-corrected chi connectivity index (χ2v) is 3.98. The summed E-state index contributed by atoms with van der Waals surface area (Å²) in [5.74, 6) is 0. The molecule has 1 saturated heterocycles. The molecule has 1 aliphatic rings. The predicted molar refractivity (Wildman–Crippen MR) is 57.4 cm³/mol. The zero-order valence-electron chi connectivity index (χ0n) is 8.62. The number of hydrogen-bond acceptors (Lipinski definition) is 2. The smallest absolute Gasteiger partial charge is 0.0929 e. The Kier molecular flexibility index (Phi) is 2.85. The molecule has 0 radical (unpaired) electrons. The topological polar surface area (TPSA) is 21.3 Å². The molecule has 0 amide bonds.